The molecule has 27 heavy (non-hydrogen) atoms. The van der Waals surface area contributed by atoms with Gasteiger partial charge < -0.3 is 4.74 Å². The standard InChI is InChI=1S/C17H12Cl2FN3O2S2/c18-11-2-1-10(14(19)7-11)9-26-17-23-22-16(27-17)21-15(24)8-25-13-5-3-12(20)4-6-13/h1-7H,8-9H2,(H,21,22,24). The summed E-state index contributed by atoms with van der Waals surface area (Å²) in [6, 6.07) is 10.7. The Bertz CT molecular complexity index is 938. The summed E-state index contributed by atoms with van der Waals surface area (Å²) in [5.74, 6) is 0.255. The van der Waals surface area contributed by atoms with Crippen molar-refractivity contribution in [3.63, 3.8) is 0 Å². The van der Waals surface area contributed by atoms with Gasteiger partial charge in [-0.15, -0.1) is 10.2 Å². The number of nitrogens with one attached hydrogen (secondary N) is 1. The number of anilines is 1. The first kappa shape index (κ1) is 19.9. The molecule has 1 N–H and O–H groups in total. The minimum absolute atomic E-state index is 0.214. The Kier molecular flexibility index (Phi) is 6.89. The van der Waals surface area contributed by atoms with Crippen LogP contribution in [0.15, 0.2) is 46.8 Å². The van der Waals surface area contributed by atoms with Crippen molar-refractivity contribution in [2.75, 3.05) is 11.9 Å². The highest BCUT2D eigenvalue weighted by atomic mass is 35.5. The Morgan fingerprint density at radius 2 is 1.96 bits per heavy atom. The highest BCUT2D eigenvalue weighted by Gasteiger charge is 2.10. The summed E-state index contributed by atoms with van der Waals surface area (Å²) in [7, 11) is 0. The maximum atomic E-state index is 12.8. The van der Waals surface area contributed by atoms with E-state index in [-0.39, 0.29) is 18.3 Å². The van der Waals surface area contributed by atoms with Gasteiger partial charge in [-0.2, -0.15) is 0 Å². The molecule has 0 saturated heterocycles. The molecule has 0 atom stereocenters. The lowest BCUT2D eigenvalue weighted by Gasteiger charge is -2.05. The SMILES string of the molecule is O=C(COc1ccc(F)cc1)Nc1nnc(SCc2ccc(Cl)cc2Cl)s1. The summed E-state index contributed by atoms with van der Waals surface area (Å²) in [4.78, 5) is 11.9. The number of amides is 1. The molecule has 140 valence electrons. The van der Waals surface area contributed by atoms with E-state index in [1.165, 1.54) is 47.4 Å². The fourth-order valence-electron chi connectivity index (χ4n) is 1.93. The highest BCUT2D eigenvalue weighted by molar-refractivity contribution is 8.00. The monoisotopic (exact) mass is 443 g/mol. The third kappa shape index (κ3) is 6.07. The third-order valence-corrected chi connectivity index (χ3v) is 5.81. The molecule has 1 heterocycles. The van der Waals surface area contributed by atoms with E-state index >= 15 is 0 Å². The molecule has 0 radical (unpaired) electrons. The Morgan fingerprint density at radius 1 is 1.19 bits per heavy atom. The van der Waals surface area contributed by atoms with Crippen molar-refractivity contribution in [2.24, 2.45) is 0 Å². The first-order valence-corrected chi connectivity index (χ1v) is 10.1. The molecule has 3 aromatic rings. The normalized spacial score (nSPS) is 10.6. The smallest absolute Gasteiger partial charge is 0.264 e. The molecule has 10 heteroatoms. The summed E-state index contributed by atoms with van der Waals surface area (Å²) < 4.78 is 18.8. The largest absolute Gasteiger partial charge is 0.484 e. The van der Waals surface area contributed by atoms with E-state index in [1.54, 1.807) is 12.1 Å². The molecule has 0 aliphatic carbocycles. The van der Waals surface area contributed by atoms with E-state index in [0.717, 1.165) is 5.56 Å². The second-order valence-corrected chi connectivity index (χ2v) is 8.23. The van der Waals surface area contributed by atoms with Gasteiger partial charge in [-0.25, -0.2) is 4.39 Å². The van der Waals surface area contributed by atoms with Gasteiger partial charge in [0, 0.05) is 15.8 Å². The fourth-order valence-corrected chi connectivity index (χ4v) is 4.26. The van der Waals surface area contributed by atoms with Crippen LogP contribution >= 0.6 is 46.3 Å². The predicted octanol–water partition coefficient (Wildman–Crippen LogP) is 5.29. The second kappa shape index (κ2) is 9.36. The summed E-state index contributed by atoms with van der Waals surface area (Å²) in [6.07, 6.45) is 0. The first-order valence-electron chi connectivity index (χ1n) is 7.58. The van der Waals surface area contributed by atoms with Crippen LogP contribution in [0.3, 0.4) is 0 Å². The molecular formula is C17H12Cl2FN3O2S2. The number of benzene rings is 2. The van der Waals surface area contributed by atoms with Gasteiger partial charge in [0.1, 0.15) is 11.6 Å². The van der Waals surface area contributed by atoms with Gasteiger partial charge in [0.05, 0.1) is 0 Å². The Labute approximate surface area is 172 Å². The van der Waals surface area contributed by atoms with Crippen LogP contribution in [0.2, 0.25) is 10.0 Å². The number of hydrogen-bond donors (Lipinski definition) is 1. The van der Waals surface area contributed by atoms with Crippen molar-refractivity contribution < 1.29 is 13.9 Å². The first-order chi connectivity index (χ1) is 13.0. The number of carbonyl (C=O) groups excluding carboxylic acids is 1. The van der Waals surface area contributed by atoms with Crippen LogP contribution in [-0.2, 0) is 10.5 Å². The molecular weight excluding hydrogens is 432 g/mol. The van der Waals surface area contributed by atoms with Gasteiger partial charge >= 0.3 is 0 Å². The molecule has 2 aromatic carbocycles. The Morgan fingerprint density at radius 3 is 2.70 bits per heavy atom. The van der Waals surface area contributed by atoms with Crippen molar-refractivity contribution in [2.45, 2.75) is 10.1 Å². The lowest BCUT2D eigenvalue weighted by atomic mass is 10.2. The maximum Gasteiger partial charge on any atom is 0.264 e. The average Bonchev–Trinajstić information content (AvgIpc) is 3.08. The zero-order valence-corrected chi connectivity index (χ0v) is 16.8. The van der Waals surface area contributed by atoms with Crippen LogP contribution in [0, 0.1) is 5.82 Å². The van der Waals surface area contributed by atoms with Crippen LogP contribution < -0.4 is 10.1 Å². The number of ether oxygens (including phenoxy) is 1. The van der Waals surface area contributed by atoms with Gasteiger partial charge in [0.2, 0.25) is 5.13 Å². The van der Waals surface area contributed by atoms with Gasteiger partial charge in [0.15, 0.2) is 10.9 Å². The van der Waals surface area contributed by atoms with E-state index in [4.69, 9.17) is 27.9 Å². The van der Waals surface area contributed by atoms with Gasteiger partial charge in [-0.05, 0) is 42.0 Å². The molecule has 0 saturated carbocycles. The predicted molar refractivity (Wildman–Crippen MR) is 106 cm³/mol. The number of rotatable bonds is 7. The molecule has 3 rings (SSSR count). The summed E-state index contributed by atoms with van der Waals surface area (Å²) in [6.45, 7) is -0.214. The number of halogens is 3. The van der Waals surface area contributed by atoms with E-state index in [2.05, 4.69) is 15.5 Å². The second-order valence-electron chi connectivity index (χ2n) is 5.19. The summed E-state index contributed by atoms with van der Waals surface area (Å²) in [5, 5.41) is 12.1. The van der Waals surface area contributed by atoms with Crippen molar-refractivity contribution in [1.29, 1.82) is 0 Å². The van der Waals surface area contributed by atoms with Crippen molar-refractivity contribution >= 4 is 57.3 Å². The minimum atomic E-state index is -0.382. The van der Waals surface area contributed by atoms with E-state index < -0.39 is 0 Å². The average molecular weight is 444 g/mol. The van der Waals surface area contributed by atoms with Crippen LogP contribution in [0.4, 0.5) is 9.52 Å². The zero-order chi connectivity index (χ0) is 19.2. The van der Waals surface area contributed by atoms with E-state index in [9.17, 15) is 9.18 Å². The van der Waals surface area contributed by atoms with E-state index in [1.807, 2.05) is 6.07 Å². The summed E-state index contributed by atoms with van der Waals surface area (Å²) >= 11 is 14.7. The van der Waals surface area contributed by atoms with Crippen LogP contribution in [0.5, 0.6) is 5.75 Å². The summed E-state index contributed by atoms with van der Waals surface area (Å²) in [5.41, 5.74) is 0.930. The molecule has 0 aliphatic rings. The van der Waals surface area contributed by atoms with Crippen molar-refractivity contribution in [1.82, 2.24) is 10.2 Å². The molecule has 0 spiro atoms. The molecule has 0 unspecified atom stereocenters. The maximum absolute atomic E-state index is 12.8. The van der Waals surface area contributed by atoms with Gasteiger partial charge in [0.25, 0.3) is 5.91 Å². The van der Waals surface area contributed by atoms with Crippen LogP contribution in [0.1, 0.15) is 5.56 Å². The highest BCUT2D eigenvalue weighted by Crippen LogP contribution is 2.31. The van der Waals surface area contributed by atoms with Crippen LogP contribution in [0.25, 0.3) is 0 Å². The third-order valence-electron chi connectivity index (χ3n) is 3.20. The molecule has 0 bridgehead atoms. The minimum Gasteiger partial charge on any atom is -0.484 e. The van der Waals surface area contributed by atoms with E-state index in [0.29, 0.717) is 31.0 Å². The number of thioether (sulfide) groups is 1. The zero-order valence-electron chi connectivity index (χ0n) is 13.6. The lowest BCUT2D eigenvalue weighted by Crippen LogP contribution is -2.20. The Hall–Kier alpha value is -1.87. The molecule has 0 fully saturated rings. The molecule has 5 nitrogen and oxygen atoms in total. The number of carbonyl (C=O) groups is 1. The molecule has 1 aromatic heterocycles. The van der Waals surface area contributed by atoms with Crippen molar-refractivity contribution in [3.8, 4) is 5.75 Å². The molecule has 0 aliphatic heterocycles. The number of aromatic nitrogens is 2. The molecule has 1 amide bonds. The topological polar surface area (TPSA) is 64.1 Å². The number of hydrogen-bond acceptors (Lipinski definition) is 6. The van der Waals surface area contributed by atoms with Crippen LogP contribution in [-0.4, -0.2) is 22.7 Å². The van der Waals surface area contributed by atoms with Crippen molar-refractivity contribution in [3.05, 3.63) is 63.9 Å². The number of nitrogens with zero attached hydrogens (tertiary/aromatic N) is 2. The lowest BCUT2D eigenvalue weighted by molar-refractivity contribution is -0.118. The Balaban J connectivity index is 1.48. The quantitative estimate of drug-likeness (QED) is 0.396. The fraction of sp³-hybridized carbons (Fsp3) is 0.118. The van der Waals surface area contributed by atoms with Gasteiger partial charge in [-0.1, -0.05) is 52.4 Å². The van der Waals surface area contributed by atoms with Gasteiger partial charge in [-0.3, -0.25) is 10.1 Å².